The van der Waals surface area contributed by atoms with E-state index in [1.54, 1.807) is 0 Å². The van der Waals surface area contributed by atoms with Crippen LogP contribution in [-0.4, -0.2) is 24.9 Å². The number of amidine groups is 1. The number of hydroxylamine groups is 1. The summed E-state index contributed by atoms with van der Waals surface area (Å²) in [5.74, 6) is 0.768. The number of aliphatic imine (C=N–C) groups is 1. The molecule has 3 N–H and O–H groups in total. The van der Waals surface area contributed by atoms with Crippen LogP contribution in [0.1, 0.15) is 38.5 Å². The first kappa shape index (κ1) is 11.5. The van der Waals surface area contributed by atoms with E-state index >= 15 is 0 Å². The highest BCUT2D eigenvalue weighted by atomic mass is 16.7. The number of carbonyl (C=O) groups excluding carboxylic acids is 1. The molecule has 5 heteroatoms. The lowest BCUT2D eigenvalue weighted by Gasteiger charge is -2.35. The lowest BCUT2D eigenvalue weighted by atomic mass is 9.71. The van der Waals surface area contributed by atoms with E-state index in [4.69, 9.17) is 10.6 Å². The number of carbonyl (C=O) groups is 1. The molecule has 0 saturated heterocycles. The van der Waals surface area contributed by atoms with Gasteiger partial charge in [0.1, 0.15) is 5.84 Å². The average molecular weight is 225 g/mol. The van der Waals surface area contributed by atoms with E-state index in [-0.39, 0.29) is 5.41 Å². The molecule has 0 aromatic carbocycles. The number of hydrogen-bond acceptors (Lipinski definition) is 5. The number of nitrogens with zero attached hydrogens (tertiary/aromatic N) is 1. The lowest BCUT2D eigenvalue weighted by Crippen LogP contribution is -2.37. The number of hydrogen-bond donors (Lipinski definition) is 2. The largest absolute Gasteiger partial charge is 0.330 e. The summed E-state index contributed by atoms with van der Waals surface area (Å²) in [4.78, 5) is 19.6. The third kappa shape index (κ3) is 2.41. The molecule has 1 heterocycles. The quantitative estimate of drug-likeness (QED) is 0.692. The molecule has 90 valence electrons. The zero-order valence-corrected chi connectivity index (χ0v) is 9.45. The first-order valence-corrected chi connectivity index (χ1v) is 5.92. The normalized spacial score (nSPS) is 28.3. The summed E-state index contributed by atoms with van der Waals surface area (Å²) in [6.07, 6.45) is 6.89. The molecule has 1 unspecified atom stereocenters. The van der Waals surface area contributed by atoms with E-state index < -0.39 is 6.23 Å². The Morgan fingerprint density at radius 3 is 2.81 bits per heavy atom. The van der Waals surface area contributed by atoms with Crippen molar-refractivity contribution in [3.63, 3.8) is 0 Å². The van der Waals surface area contributed by atoms with Crippen LogP contribution in [0.2, 0.25) is 0 Å². The highest BCUT2D eigenvalue weighted by molar-refractivity contribution is 5.85. The molecule has 1 saturated carbocycles. The second-order valence-corrected chi connectivity index (χ2v) is 4.76. The van der Waals surface area contributed by atoms with Crippen LogP contribution < -0.4 is 11.2 Å². The molecular formula is C11H19N3O2. The average Bonchev–Trinajstić information content (AvgIpc) is 2.78. The van der Waals surface area contributed by atoms with Crippen molar-refractivity contribution >= 4 is 12.1 Å². The summed E-state index contributed by atoms with van der Waals surface area (Å²) in [6.45, 7) is 0.680. The van der Waals surface area contributed by atoms with Gasteiger partial charge in [-0.05, 0) is 24.8 Å². The summed E-state index contributed by atoms with van der Waals surface area (Å²) in [5, 5.41) is 0. The molecule has 1 aliphatic heterocycles. The van der Waals surface area contributed by atoms with Crippen LogP contribution in [-0.2, 0) is 9.63 Å². The van der Waals surface area contributed by atoms with Gasteiger partial charge in [-0.15, -0.1) is 0 Å². The summed E-state index contributed by atoms with van der Waals surface area (Å²) in [7, 11) is 0. The third-order valence-electron chi connectivity index (χ3n) is 3.59. The molecule has 0 aromatic rings. The Kier molecular flexibility index (Phi) is 3.56. The van der Waals surface area contributed by atoms with Crippen LogP contribution in [0.15, 0.2) is 4.99 Å². The molecule has 0 aromatic heterocycles. The molecule has 0 bridgehead atoms. The Bertz CT molecular complexity index is 285. The second kappa shape index (κ2) is 4.93. The Labute approximate surface area is 95.4 Å². The van der Waals surface area contributed by atoms with Gasteiger partial charge in [0.05, 0.1) is 0 Å². The fourth-order valence-electron chi connectivity index (χ4n) is 2.58. The van der Waals surface area contributed by atoms with Gasteiger partial charge in [-0.3, -0.25) is 10.3 Å². The van der Waals surface area contributed by atoms with E-state index in [1.165, 1.54) is 19.3 Å². The van der Waals surface area contributed by atoms with Crippen molar-refractivity contribution in [3.05, 3.63) is 0 Å². The maximum Gasteiger partial charge on any atom is 0.231 e. The van der Waals surface area contributed by atoms with Crippen LogP contribution in [0, 0.1) is 5.41 Å². The van der Waals surface area contributed by atoms with Crippen LogP contribution >= 0.6 is 0 Å². The van der Waals surface area contributed by atoms with Gasteiger partial charge in [-0.2, -0.15) is 0 Å². The van der Waals surface area contributed by atoms with Crippen molar-refractivity contribution in [3.8, 4) is 0 Å². The minimum Gasteiger partial charge on any atom is -0.330 e. The molecule has 2 aliphatic rings. The van der Waals surface area contributed by atoms with Gasteiger partial charge in [-0.1, -0.05) is 19.3 Å². The minimum absolute atomic E-state index is 0.158. The van der Waals surface area contributed by atoms with Crippen LogP contribution in [0.5, 0.6) is 0 Å². The van der Waals surface area contributed by atoms with E-state index in [0.717, 1.165) is 25.1 Å². The van der Waals surface area contributed by atoms with Gasteiger partial charge < -0.3 is 5.73 Å². The fourth-order valence-corrected chi connectivity index (χ4v) is 2.58. The SMILES string of the molecule is NCC1(CC2=NC(C=O)ON2)CCCCC1. The van der Waals surface area contributed by atoms with Gasteiger partial charge in [0, 0.05) is 6.42 Å². The predicted molar refractivity (Wildman–Crippen MR) is 60.7 cm³/mol. The smallest absolute Gasteiger partial charge is 0.231 e. The predicted octanol–water partition coefficient (Wildman–Crippen LogP) is 0.744. The highest BCUT2D eigenvalue weighted by Crippen LogP contribution is 2.38. The van der Waals surface area contributed by atoms with Crippen molar-refractivity contribution in [1.29, 1.82) is 0 Å². The Hall–Kier alpha value is -0.940. The maximum absolute atomic E-state index is 10.5. The van der Waals surface area contributed by atoms with Gasteiger partial charge in [-0.25, -0.2) is 9.83 Å². The van der Waals surface area contributed by atoms with Gasteiger partial charge in [0.25, 0.3) is 0 Å². The topological polar surface area (TPSA) is 76.7 Å². The van der Waals surface area contributed by atoms with Crippen LogP contribution in [0.4, 0.5) is 0 Å². The Morgan fingerprint density at radius 2 is 2.25 bits per heavy atom. The fraction of sp³-hybridized carbons (Fsp3) is 0.818. The number of nitrogens with two attached hydrogens (primary N) is 1. The molecule has 1 fully saturated rings. The number of nitrogens with one attached hydrogen (secondary N) is 1. The number of aldehydes is 1. The van der Waals surface area contributed by atoms with E-state index in [1.807, 2.05) is 0 Å². The van der Waals surface area contributed by atoms with Gasteiger partial charge in [0.2, 0.25) is 6.23 Å². The van der Waals surface area contributed by atoms with Crippen LogP contribution in [0.25, 0.3) is 0 Å². The molecule has 5 nitrogen and oxygen atoms in total. The summed E-state index contributed by atoms with van der Waals surface area (Å²) in [5.41, 5.74) is 8.78. The highest BCUT2D eigenvalue weighted by Gasteiger charge is 2.33. The second-order valence-electron chi connectivity index (χ2n) is 4.76. The zero-order valence-electron chi connectivity index (χ0n) is 9.45. The lowest BCUT2D eigenvalue weighted by molar-refractivity contribution is -0.118. The summed E-state index contributed by atoms with van der Waals surface area (Å²) < 4.78 is 0. The molecule has 1 atom stereocenters. The van der Waals surface area contributed by atoms with Crippen LogP contribution in [0.3, 0.4) is 0 Å². The standard InChI is InChI=1S/C11H19N3O2/c12-8-11(4-2-1-3-5-11)6-9-13-10(7-15)16-14-9/h7,10H,1-6,8,12H2,(H,13,14). The summed E-state index contributed by atoms with van der Waals surface area (Å²) in [6, 6.07) is 0. The van der Waals surface area contributed by atoms with E-state index in [2.05, 4.69) is 10.5 Å². The van der Waals surface area contributed by atoms with Gasteiger partial charge in [0.15, 0.2) is 6.29 Å². The van der Waals surface area contributed by atoms with Crippen molar-refractivity contribution in [2.45, 2.75) is 44.8 Å². The van der Waals surface area contributed by atoms with Crippen molar-refractivity contribution in [2.24, 2.45) is 16.1 Å². The van der Waals surface area contributed by atoms with Crippen molar-refractivity contribution in [2.75, 3.05) is 6.54 Å². The zero-order chi connectivity index (χ0) is 11.4. The van der Waals surface area contributed by atoms with Crippen molar-refractivity contribution in [1.82, 2.24) is 5.48 Å². The molecule has 1 aliphatic carbocycles. The molecule has 0 radical (unpaired) electrons. The summed E-state index contributed by atoms with van der Waals surface area (Å²) >= 11 is 0. The maximum atomic E-state index is 10.5. The first-order chi connectivity index (χ1) is 7.78. The molecule has 0 amide bonds. The van der Waals surface area contributed by atoms with E-state index in [0.29, 0.717) is 12.8 Å². The molecule has 16 heavy (non-hydrogen) atoms. The first-order valence-electron chi connectivity index (χ1n) is 5.92. The number of rotatable bonds is 4. The minimum atomic E-state index is -0.673. The molecule has 2 rings (SSSR count). The monoisotopic (exact) mass is 225 g/mol. The molecule has 0 spiro atoms. The third-order valence-corrected chi connectivity index (χ3v) is 3.59. The Morgan fingerprint density at radius 1 is 1.50 bits per heavy atom. The Balaban J connectivity index is 1.98. The van der Waals surface area contributed by atoms with Crippen molar-refractivity contribution < 1.29 is 9.63 Å². The van der Waals surface area contributed by atoms with Gasteiger partial charge >= 0.3 is 0 Å². The van der Waals surface area contributed by atoms with E-state index in [9.17, 15) is 4.79 Å². The molecular weight excluding hydrogens is 206 g/mol.